The lowest BCUT2D eigenvalue weighted by Crippen LogP contribution is -2.58. The van der Waals surface area contributed by atoms with Crippen molar-refractivity contribution in [2.75, 3.05) is 26.1 Å². The number of ether oxygens (including phenoxy) is 2. The van der Waals surface area contributed by atoms with E-state index in [0.717, 1.165) is 74.3 Å². The number of aryl methyl sites for hydroxylation is 1. The van der Waals surface area contributed by atoms with Crippen molar-refractivity contribution in [3.63, 3.8) is 0 Å². The Morgan fingerprint density at radius 3 is 2.38 bits per heavy atom. The number of carbonyl (C=O) groups excluding carboxylic acids is 4. The van der Waals surface area contributed by atoms with Gasteiger partial charge >= 0.3 is 5.97 Å². The summed E-state index contributed by atoms with van der Waals surface area (Å²) in [6, 6.07) is 4.51. The molecule has 2 atom stereocenters. The van der Waals surface area contributed by atoms with Gasteiger partial charge in [0.25, 0.3) is 5.91 Å². The lowest BCUT2D eigenvalue weighted by Gasteiger charge is -2.36. The average Bonchev–Trinajstić information content (AvgIpc) is 3.72. The van der Waals surface area contributed by atoms with Crippen LogP contribution in [0.5, 0.6) is 5.75 Å². The smallest absolute Gasteiger partial charge is 0.328 e. The third kappa shape index (κ3) is 11.7. The van der Waals surface area contributed by atoms with Crippen molar-refractivity contribution in [3.8, 4) is 17.6 Å². The first-order valence-electron chi connectivity index (χ1n) is 17.7. The lowest BCUT2D eigenvalue weighted by atomic mass is 9.82. The van der Waals surface area contributed by atoms with E-state index in [9.17, 15) is 19.2 Å². The third-order valence-electron chi connectivity index (χ3n) is 9.29. The number of rotatable bonds is 12. The molecule has 2 aliphatic carbocycles. The van der Waals surface area contributed by atoms with Crippen LogP contribution in [0.15, 0.2) is 29.8 Å². The highest BCUT2D eigenvalue weighted by Crippen LogP contribution is 2.34. The zero-order valence-electron chi connectivity index (χ0n) is 30.2. The van der Waals surface area contributed by atoms with Crippen LogP contribution in [-0.2, 0) is 23.9 Å². The molecule has 4 rings (SSSR count). The first-order valence-corrected chi connectivity index (χ1v) is 17.7. The Bertz CT molecular complexity index is 1360. The summed E-state index contributed by atoms with van der Waals surface area (Å²) in [5, 5.41) is 5.90. The predicted molar refractivity (Wildman–Crippen MR) is 189 cm³/mol. The number of esters is 1. The number of unbranched alkanes of at least 4 members (excludes halogenated alkanes) is 2. The molecule has 0 radical (unpaired) electrons. The number of methoxy groups -OCH3 is 2. The molecule has 264 valence electrons. The topological polar surface area (TPSA) is 114 Å². The molecule has 1 saturated heterocycles. The molecule has 2 unspecified atom stereocenters. The normalized spacial score (nSPS) is 18.3. The van der Waals surface area contributed by atoms with Crippen LogP contribution in [0.25, 0.3) is 0 Å². The number of hydrogen-bond acceptors (Lipinski definition) is 6. The Hall–Kier alpha value is -3.80. The van der Waals surface area contributed by atoms with Crippen molar-refractivity contribution in [2.45, 2.75) is 124 Å². The van der Waals surface area contributed by atoms with Gasteiger partial charge in [0.05, 0.1) is 19.8 Å². The van der Waals surface area contributed by atoms with Crippen LogP contribution in [0, 0.1) is 36.0 Å². The molecule has 0 aromatic heterocycles. The Morgan fingerprint density at radius 2 is 1.79 bits per heavy atom. The second kappa shape index (κ2) is 18.7. The van der Waals surface area contributed by atoms with Crippen LogP contribution in [0.1, 0.15) is 110 Å². The predicted octanol–water partition coefficient (Wildman–Crippen LogP) is 6.73. The van der Waals surface area contributed by atoms with Crippen LogP contribution in [-0.4, -0.2) is 61.4 Å². The van der Waals surface area contributed by atoms with Gasteiger partial charge in [-0.3, -0.25) is 14.4 Å². The molecule has 9 heteroatoms. The molecular formula is C39H57N3O6. The van der Waals surface area contributed by atoms with Gasteiger partial charge in [0.15, 0.2) is 0 Å². The monoisotopic (exact) mass is 663 g/mol. The summed E-state index contributed by atoms with van der Waals surface area (Å²) in [6.07, 6.45) is 14.1. The maximum atomic E-state index is 13.0. The summed E-state index contributed by atoms with van der Waals surface area (Å²) in [6.45, 7) is 10.4. The number of amides is 3. The average molecular weight is 664 g/mol. The second-order valence-corrected chi connectivity index (χ2v) is 14.3. The number of benzene rings is 1. The number of nitrogens with one attached hydrogen (secondary N) is 2. The molecule has 1 heterocycles. The van der Waals surface area contributed by atoms with E-state index in [1.165, 1.54) is 26.4 Å². The third-order valence-corrected chi connectivity index (χ3v) is 9.29. The van der Waals surface area contributed by atoms with Crippen LogP contribution in [0.3, 0.4) is 0 Å². The summed E-state index contributed by atoms with van der Waals surface area (Å²) >= 11 is 0. The molecule has 2 N–H and O–H groups in total. The van der Waals surface area contributed by atoms with Gasteiger partial charge < -0.3 is 25.0 Å². The highest BCUT2D eigenvalue weighted by molar-refractivity contribution is 6.07. The van der Waals surface area contributed by atoms with E-state index in [-0.39, 0.29) is 29.6 Å². The van der Waals surface area contributed by atoms with Crippen LogP contribution in [0.4, 0.5) is 5.69 Å². The minimum absolute atomic E-state index is 0.0302. The standard InChI is InChI=1S/C22H29NO2.C17H28N2O4/c1-4-5-10-19(11-8-6-7-9-18-13-14-18)22(24)23-21-16-20(25-3)15-12-17(21)2;1-17(2,3)13(18-14(20)11-7-5-8-11)15(21)19-10-6-9-12(19)16(22)23-4/h10,12,15-16,18H,4-7,9,13-14H2,1-3H3,(H,23,24);11-13H,5-10H2,1-4H3,(H,18,20)/b19-10+;. The zero-order chi connectivity index (χ0) is 35.3. The number of anilines is 1. The van der Waals surface area contributed by atoms with E-state index in [1.54, 1.807) is 12.0 Å². The maximum absolute atomic E-state index is 13.0. The molecule has 1 aromatic carbocycles. The van der Waals surface area contributed by atoms with E-state index < -0.39 is 17.5 Å². The molecule has 3 fully saturated rings. The summed E-state index contributed by atoms with van der Waals surface area (Å²) in [7, 11) is 2.96. The van der Waals surface area contributed by atoms with E-state index >= 15 is 0 Å². The molecule has 0 spiro atoms. The van der Waals surface area contributed by atoms with Crippen LogP contribution >= 0.6 is 0 Å². The number of hydrogen-bond donors (Lipinski definition) is 2. The Morgan fingerprint density at radius 1 is 1.06 bits per heavy atom. The number of allylic oxidation sites excluding steroid dienone is 1. The minimum atomic E-state index is -0.624. The highest BCUT2D eigenvalue weighted by atomic mass is 16.5. The van der Waals surface area contributed by atoms with Crippen molar-refractivity contribution in [1.29, 1.82) is 0 Å². The zero-order valence-corrected chi connectivity index (χ0v) is 30.2. The van der Waals surface area contributed by atoms with E-state index in [2.05, 4.69) is 29.4 Å². The van der Waals surface area contributed by atoms with Gasteiger partial charge in [-0.2, -0.15) is 0 Å². The summed E-state index contributed by atoms with van der Waals surface area (Å²) in [5.41, 5.74) is 1.92. The van der Waals surface area contributed by atoms with Crippen molar-refractivity contribution in [3.05, 3.63) is 35.4 Å². The van der Waals surface area contributed by atoms with Gasteiger partial charge in [-0.05, 0) is 74.8 Å². The Labute approximate surface area is 288 Å². The lowest BCUT2D eigenvalue weighted by molar-refractivity contribution is -0.153. The maximum Gasteiger partial charge on any atom is 0.328 e. The minimum Gasteiger partial charge on any atom is -0.497 e. The summed E-state index contributed by atoms with van der Waals surface area (Å²) in [5.74, 6) is 7.22. The van der Waals surface area contributed by atoms with Gasteiger partial charge in [0, 0.05) is 30.6 Å². The fourth-order valence-corrected chi connectivity index (χ4v) is 5.74. The quantitative estimate of drug-likeness (QED) is 0.111. The van der Waals surface area contributed by atoms with E-state index in [4.69, 9.17) is 9.47 Å². The fourth-order valence-electron chi connectivity index (χ4n) is 5.74. The molecule has 48 heavy (non-hydrogen) atoms. The molecule has 1 aromatic rings. The fraction of sp³-hybridized carbons (Fsp3) is 0.641. The first-order chi connectivity index (χ1) is 22.9. The SMILES string of the molecule is CCC/C=C(\C#CCCCC1CC1)C(=O)Nc1cc(OC)ccc1C.COC(=O)C1CCCN1C(=O)C(NC(=O)C1CCC1)C(C)(C)C. The molecular weight excluding hydrogens is 606 g/mol. The number of likely N-dealkylation sites (tertiary alicyclic amines) is 1. The molecule has 3 aliphatic rings. The molecule has 9 nitrogen and oxygen atoms in total. The second-order valence-electron chi connectivity index (χ2n) is 14.3. The largest absolute Gasteiger partial charge is 0.497 e. The summed E-state index contributed by atoms with van der Waals surface area (Å²) < 4.78 is 10.0. The molecule has 0 bridgehead atoms. The van der Waals surface area contributed by atoms with Gasteiger partial charge in [-0.25, -0.2) is 4.79 Å². The van der Waals surface area contributed by atoms with Gasteiger partial charge in [-0.1, -0.05) is 77.4 Å². The highest BCUT2D eigenvalue weighted by Gasteiger charge is 2.43. The van der Waals surface area contributed by atoms with Crippen molar-refractivity contribution < 1.29 is 28.7 Å². The number of carbonyl (C=O) groups is 4. The molecule has 1 aliphatic heterocycles. The molecule has 2 saturated carbocycles. The van der Waals surface area contributed by atoms with Crippen LogP contribution in [0.2, 0.25) is 0 Å². The van der Waals surface area contributed by atoms with Gasteiger partial charge in [0.2, 0.25) is 11.8 Å². The van der Waals surface area contributed by atoms with Gasteiger partial charge in [0.1, 0.15) is 17.8 Å². The number of nitrogens with zero attached hydrogens (tertiary/aromatic N) is 1. The van der Waals surface area contributed by atoms with Crippen molar-refractivity contribution in [2.24, 2.45) is 17.3 Å². The van der Waals surface area contributed by atoms with Gasteiger partial charge in [-0.15, -0.1) is 0 Å². The first kappa shape index (κ1) is 38.6. The van der Waals surface area contributed by atoms with Crippen molar-refractivity contribution in [1.82, 2.24) is 10.2 Å². The molecule has 3 amide bonds. The summed E-state index contributed by atoms with van der Waals surface area (Å²) in [4.78, 5) is 51.4. The van der Waals surface area contributed by atoms with Crippen molar-refractivity contribution >= 4 is 29.4 Å². The van der Waals surface area contributed by atoms with E-state index in [0.29, 0.717) is 18.5 Å². The van der Waals surface area contributed by atoms with E-state index in [1.807, 2.05) is 52.0 Å². The Kier molecular flexibility index (Phi) is 15.0. The van der Waals surface area contributed by atoms with Crippen LogP contribution < -0.4 is 15.4 Å². The Balaban J connectivity index is 0.000000261.